The van der Waals surface area contributed by atoms with Crippen molar-refractivity contribution in [1.82, 2.24) is 5.43 Å². The fourth-order valence-corrected chi connectivity index (χ4v) is 2.72. The Hall–Kier alpha value is -5.19. The monoisotopic (exact) mass is 460 g/mol. The summed E-state index contributed by atoms with van der Waals surface area (Å²) < 4.78 is 5.18. The number of carbonyl (C=O) groups is 2. The number of nitrogens with zero attached hydrogens (tertiary/aromatic N) is 3. The summed E-state index contributed by atoms with van der Waals surface area (Å²) in [7, 11) is 0. The molecule has 11 nitrogen and oxygen atoms in total. The molecule has 0 fully saturated rings. The third-order valence-corrected chi connectivity index (χ3v) is 4.35. The van der Waals surface area contributed by atoms with E-state index in [1.807, 2.05) is 0 Å². The minimum atomic E-state index is -0.921. The number of hydrogen-bond acceptors (Lipinski definition) is 8. The molecule has 0 aliphatic heterocycles. The molecule has 0 saturated carbocycles. The number of hydrogen-bond donors (Lipinski definition) is 1. The van der Waals surface area contributed by atoms with Crippen molar-refractivity contribution < 1.29 is 24.2 Å². The molecular weight excluding hydrogens is 444 g/mol. The van der Waals surface area contributed by atoms with E-state index in [2.05, 4.69) is 10.5 Å². The van der Waals surface area contributed by atoms with Gasteiger partial charge >= 0.3 is 11.7 Å². The Bertz CT molecular complexity index is 1290. The van der Waals surface area contributed by atoms with Crippen LogP contribution in [0.25, 0.3) is 6.08 Å². The van der Waals surface area contributed by atoms with Crippen molar-refractivity contribution >= 4 is 35.5 Å². The molecule has 1 amide bonds. The molecule has 3 aromatic carbocycles. The van der Waals surface area contributed by atoms with Crippen LogP contribution in [0.1, 0.15) is 21.5 Å². The first kappa shape index (κ1) is 23.5. The second-order valence-electron chi connectivity index (χ2n) is 6.62. The highest BCUT2D eigenvalue weighted by Crippen LogP contribution is 2.30. The lowest BCUT2D eigenvalue weighted by atomic mass is 10.2. The lowest BCUT2D eigenvalue weighted by Gasteiger charge is -2.06. The molecule has 1 N–H and O–H groups in total. The summed E-state index contributed by atoms with van der Waals surface area (Å²) in [6, 6.07) is 17.6. The molecule has 0 atom stereocenters. The van der Waals surface area contributed by atoms with Crippen molar-refractivity contribution in [3.8, 4) is 5.75 Å². The molecule has 0 saturated heterocycles. The SMILES string of the molecule is O=C(/C=C/c1ccc([N+](=O)[O-])cc1)Oc1c(/C=N/NC(=O)c2ccccc2)cccc1[N+](=O)[O-]. The van der Waals surface area contributed by atoms with Gasteiger partial charge in [0.2, 0.25) is 5.75 Å². The van der Waals surface area contributed by atoms with Gasteiger partial charge in [0.15, 0.2) is 0 Å². The van der Waals surface area contributed by atoms with Gasteiger partial charge in [0, 0.05) is 35.4 Å². The summed E-state index contributed by atoms with van der Waals surface area (Å²) in [5, 5.41) is 25.9. The molecule has 0 unspecified atom stereocenters. The quantitative estimate of drug-likeness (QED) is 0.134. The number of nitro groups is 2. The van der Waals surface area contributed by atoms with Gasteiger partial charge in [-0.25, -0.2) is 10.2 Å². The number of esters is 1. The molecule has 0 radical (unpaired) electrons. The number of benzene rings is 3. The third-order valence-electron chi connectivity index (χ3n) is 4.35. The van der Waals surface area contributed by atoms with Gasteiger partial charge in [0.1, 0.15) is 0 Å². The molecule has 3 aromatic rings. The Morgan fingerprint density at radius 3 is 2.24 bits per heavy atom. The van der Waals surface area contributed by atoms with Crippen molar-refractivity contribution in [2.45, 2.75) is 0 Å². The number of carbonyl (C=O) groups excluding carboxylic acids is 2. The number of ether oxygens (including phenoxy) is 1. The summed E-state index contributed by atoms with van der Waals surface area (Å²) >= 11 is 0. The van der Waals surface area contributed by atoms with E-state index in [4.69, 9.17) is 4.74 Å². The van der Waals surface area contributed by atoms with E-state index >= 15 is 0 Å². The number of nitrogens with one attached hydrogen (secondary N) is 1. The molecule has 0 aliphatic carbocycles. The van der Waals surface area contributed by atoms with Crippen LogP contribution in [0.15, 0.2) is 84.0 Å². The van der Waals surface area contributed by atoms with Gasteiger partial charge in [0.25, 0.3) is 11.6 Å². The van der Waals surface area contributed by atoms with Crippen molar-refractivity contribution in [3.63, 3.8) is 0 Å². The Morgan fingerprint density at radius 2 is 1.59 bits per heavy atom. The van der Waals surface area contributed by atoms with E-state index in [9.17, 15) is 29.8 Å². The number of nitro benzene ring substituents is 2. The molecule has 170 valence electrons. The minimum Gasteiger partial charge on any atom is -0.415 e. The first-order valence-corrected chi connectivity index (χ1v) is 9.65. The first-order chi connectivity index (χ1) is 16.3. The number of amides is 1. The lowest BCUT2D eigenvalue weighted by Crippen LogP contribution is -2.17. The van der Waals surface area contributed by atoms with Crippen LogP contribution in [0.2, 0.25) is 0 Å². The number of hydrazone groups is 1. The van der Waals surface area contributed by atoms with Gasteiger partial charge in [0.05, 0.1) is 16.1 Å². The maximum absolute atomic E-state index is 12.3. The molecule has 34 heavy (non-hydrogen) atoms. The second kappa shape index (κ2) is 10.9. The van der Waals surface area contributed by atoms with Crippen molar-refractivity contribution in [3.05, 3.63) is 116 Å². The van der Waals surface area contributed by atoms with Gasteiger partial charge < -0.3 is 4.74 Å². The minimum absolute atomic E-state index is 0.0830. The van der Waals surface area contributed by atoms with E-state index in [0.29, 0.717) is 11.1 Å². The van der Waals surface area contributed by atoms with Crippen molar-refractivity contribution in [2.75, 3.05) is 0 Å². The molecule has 11 heteroatoms. The Labute approximate surface area is 192 Å². The average molecular weight is 460 g/mol. The van der Waals surface area contributed by atoms with Crippen LogP contribution in [0.3, 0.4) is 0 Å². The standard InChI is InChI=1S/C23H16N4O7/c28-21(14-11-16-9-12-19(13-10-16)26(30)31)34-22-18(7-4-8-20(22)27(32)33)15-24-25-23(29)17-5-2-1-3-6-17/h1-15H,(H,25,29)/b14-11+,24-15+. The molecule has 0 aliphatic rings. The van der Waals surface area contributed by atoms with Gasteiger partial charge in [-0.3, -0.25) is 25.0 Å². The van der Waals surface area contributed by atoms with Gasteiger partial charge in [-0.05, 0) is 42.0 Å². The zero-order valence-corrected chi connectivity index (χ0v) is 17.4. The predicted octanol–water partition coefficient (Wildman–Crippen LogP) is 3.89. The fraction of sp³-hybridized carbons (Fsp3) is 0. The molecular formula is C23H16N4O7. The highest BCUT2D eigenvalue weighted by atomic mass is 16.6. The Morgan fingerprint density at radius 1 is 0.882 bits per heavy atom. The summed E-state index contributed by atoms with van der Waals surface area (Å²) in [6.45, 7) is 0. The fourth-order valence-electron chi connectivity index (χ4n) is 2.72. The van der Waals surface area contributed by atoms with Crippen LogP contribution in [-0.4, -0.2) is 27.9 Å². The van der Waals surface area contributed by atoms with Gasteiger partial charge in [-0.1, -0.05) is 24.3 Å². The Kier molecular flexibility index (Phi) is 7.53. The van der Waals surface area contributed by atoms with Crippen LogP contribution in [0.5, 0.6) is 5.75 Å². The topological polar surface area (TPSA) is 154 Å². The summed E-state index contributed by atoms with van der Waals surface area (Å²) in [6.07, 6.45) is 3.49. The van der Waals surface area contributed by atoms with Crippen LogP contribution >= 0.6 is 0 Å². The van der Waals surface area contributed by atoms with E-state index in [1.165, 1.54) is 42.5 Å². The predicted molar refractivity (Wildman–Crippen MR) is 122 cm³/mol. The Balaban J connectivity index is 1.76. The summed E-state index contributed by atoms with van der Waals surface area (Å²) in [5.41, 5.74) is 2.64. The smallest absolute Gasteiger partial charge is 0.336 e. The largest absolute Gasteiger partial charge is 0.415 e. The number of rotatable bonds is 8. The molecule has 0 aromatic heterocycles. The molecule has 0 spiro atoms. The van der Waals surface area contributed by atoms with Crippen LogP contribution in [0, 0.1) is 20.2 Å². The maximum atomic E-state index is 12.3. The maximum Gasteiger partial charge on any atom is 0.336 e. The lowest BCUT2D eigenvalue weighted by molar-refractivity contribution is -0.385. The van der Waals surface area contributed by atoms with E-state index < -0.39 is 27.4 Å². The first-order valence-electron chi connectivity index (χ1n) is 9.65. The normalized spacial score (nSPS) is 10.8. The zero-order valence-electron chi connectivity index (χ0n) is 17.4. The zero-order chi connectivity index (χ0) is 24.5. The average Bonchev–Trinajstić information content (AvgIpc) is 2.84. The van der Waals surface area contributed by atoms with Crippen molar-refractivity contribution in [2.24, 2.45) is 5.10 Å². The highest BCUT2D eigenvalue weighted by Gasteiger charge is 2.20. The molecule has 0 heterocycles. The van der Waals surface area contributed by atoms with E-state index in [0.717, 1.165) is 18.4 Å². The van der Waals surface area contributed by atoms with Crippen molar-refractivity contribution in [1.29, 1.82) is 0 Å². The van der Waals surface area contributed by atoms with Crippen LogP contribution < -0.4 is 10.2 Å². The summed E-state index contributed by atoms with van der Waals surface area (Å²) in [5.74, 6) is -1.77. The van der Waals surface area contributed by atoms with Gasteiger partial charge in [-0.15, -0.1) is 0 Å². The summed E-state index contributed by atoms with van der Waals surface area (Å²) in [4.78, 5) is 45.2. The highest BCUT2D eigenvalue weighted by molar-refractivity contribution is 5.96. The van der Waals surface area contributed by atoms with E-state index in [1.54, 1.807) is 30.3 Å². The molecule has 3 rings (SSSR count). The second-order valence-corrected chi connectivity index (χ2v) is 6.62. The number of para-hydroxylation sites is 1. The third kappa shape index (κ3) is 6.17. The van der Waals surface area contributed by atoms with Crippen LogP contribution in [0.4, 0.5) is 11.4 Å². The molecule has 0 bridgehead atoms. The number of non-ortho nitro benzene ring substituents is 1. The van der Waals surface area contributed by atoms with Crippen LogP contribution in [-0.2, 0) is 4.79 Å². The van der Waals surface area contributed by atoms with E-state index in [-0.39, 0.29) is 17.0 Å². The van der Waals surface area contributed by atoms with Gasteiger partial charge in [-0.2, -0.15) is 5.10 Å².